The maximum absolute atomic E-state index is 11.6. The van der Waals surface area contributed by atoms with E-state index in [1.54, 1.807) is 7.05 Å². The van der Waals surface area contributed by atoms with Gasteiger partial charge in [0.1, 0.15) is 0 Å². The minimum absolute atomic E-state index is 0.211. The third-order valence-electron chi connectivity index (χ3n) is 4.35. The Balaban J connectivity index is 2.01. The predicted octanol–water partition coefficient (Wildman–Crippen LogP) is 1.82. The van der Waals surface area contributed by atoms with Crippen LogP contribution < -0.4 is 11.1 Å². The number of ether oxygens (including phenoxy) is 1. The Morgan fingerprint density at radius 2 is 2.25 bits per heavy atom. The van der Waals surface area contributed by atoms with Gasteiger partial charge in [-0.2, -0.15) is 0 Å². The molecule has 1 N–H and O–H groups in total. The predicted molar refractivity (Wildman–Crippen MR) is 76.8 cm³/mol. The van der Waals surface area contributed by atoms with E-state index in [4.69, 9.17) is 9.15 Å². The molecule has 0 saturated carbocycles. The molecule has 0 aliphatic carbocycles. The van der Waals surface area contributed by atoms with Crippen molar-refractivity contribution in [1.29, 1.82) is 0 Å². The van der Waals surface area contributed by atoms with Gasteiger partial charge in [-0.1, -0.05) is 6.07 Å². The van der Waals surface area contributed by atoms with Gasteiger partial charge in [0.05, 0.1) is 11.6 Å². The topological polar surface area (TPSA) is 56.4 Å². The summed E-state index contributed by atoms with van der Waals surface area (Å²) in [5.74, 6) is 0.114. The molecular weight excluding hydrogens is 256 g/mol. The molecule has 1 aliphatic heterocycles. The van der Waals surface area contributed by atoms with E-state index in [9.17, 15) is 4.79 Å². The van der Waals surface area contributed by atoms with Crippen LogP contribution >= 0.6 is 0 Å². The fourth-order valence-corrected chi connectivity index (χ4v) is 3.16. The monoisotopic (exact) mass is 276 g/mol. The molecule has 3 unspecified atom stereocenters. The number of aromatic nitrogens is 1. The van der Waals surface area contributed by atoms with Gasteiger partial charge in [-0.05, 0) is 38.1 Å². The number of benzene rings is 1. The smallest absolute Gasteiger partial charge is 0.408 e. The molecule has 0 spiro atoms. The second-order valence-electron chi connectivity index (χ2n) is 5.45. The van der Waals surface area contributed by atoms with Crippen LogP contribution in [-0.4, -0.2) is 24.3 Å². The normalized spacial score (nSPS) is 24.4. The number of oxazole rings is 1. The number of rotatable bonds is 3. The van der Waals surface area contributed by atoms with Crippen LogP contribution in [-0.2, 0) is 11.8 Å². The molecule has 1 saturated heterocycles. The van der Waals surface area contributed by atoms with Crippen molar-refractivity contribution in [1.82, 2.24) is 9.88 Å². The van der Waals surface area contributed by atoms with Gasteiger partial charge in [0.15, 0.2) is 5.58 Å². The van der Waals surface area contributed by atoms with Crippen LogP contribution in [0.3, 0.4) is 0 Å². The molecule has 1 aromatic heterocycles. The Kier molecular flexibility index (Phi) is 3.40. The lowest BCUT2D eigenvalue weighted by Gasteiger charge is -2.25. The van der Waals surface area contributed by atoms with Crippen LogP contribution in [0.5, 0.6) is 0 Å². The summed E-state index contributed by atoms with van der Waals surface area (Å²) in [6, 6.07) is 6.18. The second-order valence-corrected chi connectivity index (χ2v) is 5.45. The number of nitrogens with one attached hydrogen (secondary N) is 1. The molecule has 5 heteroatoms. The molecule has 2 heterocycles. The van der Waals surface area contributed by atoms with Crippen LogP contribution in [0.2, 0.25) is 0 Å². The highest BCUT2D eigenvalue weighted by molar-refractivity contribution is 5.73. The van der Waals surface area contributed by atoms with Crippen LogP contribution in [0.1, 0.15) is 24.9 Å². The van der Waals surface area contributed by atoms with Crippen molar-refractivity contribution < 1.29 is 9.15 Å². The molecule has 1 aliphatic rings. The van der Waals surface area contributed by atoms with E-state index < -0.39 is 0 Å². The molecule has 20 heavy (non-hydrogen) atoms. The molecule has 5 nitrogen and oxygen atoms in total. The zero-order valence-corrected chi connectivity index (χ0v) is 12.1. The van der Waals surface area contributed by atoms with Crippen LogP contribution in [0.15, 0.2) is 27.4 Å². The van der Waals surface area contributed by atoms with Gasteiger partial charge < -0.3 is 14.5 Å². The van der Waals surface area contributed by atoms with Crippen molar-refractivity contribution in [2.24, 2.45) is 13.0 Å². The molecule has 1 aromatic carbocycles. The molecule has 108 valence electrons. The maximum atomic E-state index is 11.6. The van der Waals surface area contributed by atoms with Crippen molar-refractivity contribution >= 4 is 11.1 Å². The van der Waals surface area contributed by atoms with E-state index in [2.05, 4.69) is 18.3 Å². The summed E-state index contributed by atoms with van der Waals surface area (Å²) in [4.78, 5) is 11.6. The third-order valence-corrected chi connectivity index (χ3v) is 4.35. The molecule has 1 fully saturated rings. The van der Waals surface area contributed by atoms with E-state index in [0.29, 0.717) is 11.5 Å². The summed E-state index contributed by atoms with van der Waals surface area (Å²) in [7, 11) is 3.68. The van der Waals surface area contributed by atoms with Gasteiger partial charge >= 0.3 is 5.76 Å². The first kappa shape index (κ1) is 13.4. The lowest BCUT2D eigenvalue weighted by atomic mass is 9.88. The Bertz CT molecular complexity index is 673. The van der Waals surface area contributed by atoms with Gasteiger partial charge in [-0.25, -0.2) is 4.79 Å². The van der Waals surface area contributed by atoms with Crippen LogP contribution in [0.25, 0.3) is 11.1 Å². The van der Waals surface area contributed by atoms with Crippen molar-refractivity contribution in [2.45, 2.75) is 25.5 Å². The zero-order valence-electron chi connectivity index (χ0n) is 12.1. The summed E-state index contributed by atoms with van der Waals surface area (Å²) in [5, 5.41) is 3.37. The number of fused-ring (bicyclic) bond motifs is 1. The number of nitrogens with zero attached hydrogens (tertiary/aromatic N) is 1. The Hall–Kier alpha value is -1.59. The Morgan fingerprint density at radius 3 is 2.90 bits per heavy atom. The first-order chi connectivity index (χ1) is 9.61. The zero-order chi connectivity index (χ0) is 14.3. The van der Waals surface area contributed by atoms with E-state index in [0.717, 1.165) is 24.1 Å². The van der Waals surface area contributed by atoms with Gasteiger partial charge in [0.2, 0.25) is 0 Å². The first-order valence-corrected chi connectivity index (χ1v) is 7.00. The average molecular weight is 276 g/mol. The quantitative estimate of drug-likeness (QED) is 0.929. The van der Waals surface area contributed by atoms with Gasteiger partial charge in [0.25, 0.3) is 0 Å². The van der Waals surface area contributed by atoms with E-state index >= 15 is 0 Å². The summed E-state index contributed by atoms with van der Waals surface area (Å²) in [5.41, 5.74) is 2.60. The molecular formula is C15H20N2O3. The molecule has 0 bridgehead atoms. The number of hydrogen-bond donors (Lipinski definition) is 1. The lowest BCUT2D eigenvalue weighted by Crippen LogP contribution is -2.29. The van der Waals surface area contributed by atoms with Crippen molar-refractivity contribution in [3.05, 3.63) is 34.3 Å². The van der Waals surface area contributed by atoms with E-state index in [-0.39, 0.29) is 17.9 Å². The van der Waals surface area contributed by atoms with E-state index in [1.165, 1.54) is 4.57 Å². The molecule has 3 rings (SSSR count). The maximum Gasteiger partial charge on any atom is 0.419 e. The minimum atomic E-state index is -0.323. The molecule has 2 aromatic rings. The van der Waals surface area contributed by atoms with Gasteiger partial charge in [0, 0.05) is 25.6 Å². The van der Waals surface area contributed by atoms with Crippen LogP contribution in [0.4, 0.5) is 0 Å². The summed E-state index contributed by atoms with van der Waals surface area (Å²) < 4.78 is 12.5. The fourth-order valence-electron chi connectivity index (χ4n) is 3.16. The Labute approximate surface area is 117 Å². The highest BCUT2D eigenvalue weighted by Crippen LogP contribution is 2.34. The minimum Gasteiger partial charge on any atom is -0.408 e. The SMILES string of the molecule is CNC(c1ccc2c(c1)oc(=O)n2C)C1CCOC1C. The largest absolute Gasteiger partial charge is 0.419 e. The summed E-state index contributed by atoms with van der Waals surface area (Å²) >= 11 is 0. The van der Waals surface area contributed by atoms with Crippen molar-refractivity contribution in [3.63, 3.8) is 0 Å². The fraction of sp³-hybridized carbons (Fsp3) is 0.533. The lowest BCUT2D eigenvalue weighted by molar-refractivity contribution is 0.0963. The van der Waals surface area contributed by atoms with Crippen molar-refractivity contribution in [2.75, 3.05) is 13.7 Å². The second kappa shape index (κ2) is 5.07. The molecule has 0 radical (unpaired) electrons. The summed E-state index contributed by atoms with van der Waals surface area (Å²) in [6.07, 6.45) is 1.29. The number of hydrogen-bond acceptors (Lipinski definition) is 4. The molecule has 3 atom stereocenters. The van der Waals surface area contributed by atoms with Gasteiger partial charge in [-0.3, -0.25) is 4.57 Å². The number of aryl methyl sites for hydroxylation is 1. The molecule has 0 amide bonds. The van der Waals surface area contributed by atoms with Gasteiger partial charge in [-0.15, -0.1) is 0 Å². The highest BCUT2D eigenvalue weighted by Gasteiger charge is 2.32. The summed E-state index contributed by atoms with van der Waals surface area (Å²) in [6.45, 7) is 2.93. The van der Waals surface area contributed by atoms with Crippen molar-refractivity contribution in [3.8, 4) is 0 Å². The first-order valence-electron chi connectivity index (χ1n) is 7.00. The van der Waals surface area contributed by atoms with E-state index in [1.807, 2.05) is 19.2 Å². The average Bonchev–Trinajstić information content (AvgIpc) is 2.96. The Morgan fingerprint density at radius 1 is 1.45 bits per heavy atom. The standard InChI is InChI=1S/C15H20N2O3/c1-9-11(6-7-19-9)14(16-2)10-4-5-12-13(8-10)20-15(18)17(12)3/h4-5,8-9,11,14,16H,6-7H2,1-3H3. The highest BCUT2D eigenvalue weighted by atomic mass is 16.5. The third kappa shape index (κ3) is 2.07. The van der Waals surface area contributed by atoms with Crippen LogP contribution in [0, 0.1) is 5.92 Å².